The van der Waals surface area contributed by atoms with E-state index in [0.29, 0.717) is 6.04 Å². The van der Waals surface area contributed by atoms with Gasteiger partial charge in [-0.25, -0.2) is 4.98 Å². The molecule has 0 saturated carbocycles. The van der Waals surface area contributed by atoms with Gasteiger partial charge in [-0.1, -0.05) is 42.8 Å². The Hall–Kier alpha value is -1.87. The van der Waals surface area contributed by atoms with E-state index in [1.54, 1.807) is 0 Å². The van der Waals surface area contributed by atoms with E-state index in [0.717, 1.165) is 19.6 Å². The van der Waals surface area contributed by atoms with E-state index in [2.05, 4.69) is 59.2 Å². The Morgan fingerprint density at radius 2 is 1.65 bits per heavy atom. The molecule has 3 heteroatoms. The lowest BCUT2D eigenvalue weighted by atomic mass is 9.93. The van der Waals surface area contributed by atoms with Crippen LogP contribution in [0.1, 0.15) is 61.4 Å². The van der Waals surface area contributed by atoms with Gasteiger partial charge in [-0.15, -0.1) is 0 Å². The average Bonchev–Trinajstić information content (AvgIpc) is 2.70. The normalized spacial score (nSPS) is 21.7. The third-order valence-corrected chi connectivity index (χ3v) is 5.99. The fourth-order valence-corrected chi connectivity index (χ4v) is 4.56. The lowest BCUT2D eigenvalue weighted by Gasteiger charge is -2.37. The van der Waals surface area contributed by atoms with Crippen molar-refractivity contribution in [3.63, 3.8) is 0 Å². The van der Waals surface area contributed by atoms with Crippen molar-refractivity contribution < 1.29 is 0 Å². The van der Waals surface area contributed by atoms with Gasteiger partial charge in [-0.3, -0.25) is 4.90 Å². The van der Waals surface area contributed by atoms with E-state index in [9.17, 15) is 0 Å². The number of hydrogen-bond donors (Lipinski definition) is 0. The van der Waals surface area contributed by atoms with Crippen molar-refractivity contribution in [1.82, 2.24) is 9.88 Å². The average molecular weight is 350 g/mol. The maximum absolute atomic E-state index is 5.01. The number of aryl methyl sites for hydroxylation is 1. The minimum absolute atomic E-state index is 0.506. The summed E-state index contributed by atoms with van der Waals surface area (Å²) >= 11 is 0. The molecule has 26 heavy (non-hydrogen) atoms. The summed E-state index contributed by atoms with van der Waals surface area (Å²) in [5.74, 6) is 1.18. The van der Waals surface area contributed by atoms with Crippen LogP contribution in [-0.4, -0.2) is 29.5 Å². The van der Waals surface area contributed by atoms with Crippen molar-refractivity contribution >= 4 is 5.82 Å². The molecule has 0 unspecified atom stereocenters. The number of anilines is 1. The van der Waals surface area contributed by atoms with Gasteiger partial charge in [0, 0.05) is 31.4 Å². The molecule has 138 valence electrons. The van der Waals surface area contributed by atoms with Gasteiger partial charge >= 0.3 is 0 Å². The number of hydrogen-bond acceptors (Lipinski definition) is 3. The van der Waals surface area contributed by atoms with E-state index >= 15 is 0 Å². The summed E-state index contributed by atoms with van der Waals surface area (Å²) in [4.78, 5) is 10.1. The Balaban J connectivity index is 1.54. The van der Waals surface area contributed by atoms with Gasteiger partial charge in [0.2, 0.25) is 0 Å². The van der Waals surface area contributed by atoms with Gasteiger partial charge in [-0.05, 0) is 62.8 Å². The van der Waals surface area contributed by atoms with Crippen molar-refractivity contribution in [2.24, 2.45) is 0 Å². The number of benzene rings is 1. The highest BCUT2D eigenvalue weighted by Gasteiger charge is 2.26. The third kappa shape index (κ3) is 3.93. The Morgan fingerprint density at radius 3 is 2.42 bits per heavy atom. The van der Waals surface area contributed by atoms with Gasteiger partial charge < -0.3 is 4.90 Å². The lowest BCUT2D eigenvalue weighted by Crippen LogP contribution is -2.34. The highest BCUT2D eigenvalue weighted by molar-refractivity contribution is 5.43. The highest BCUT2D eigenvalue weighted by atomic mass is 15.2. The van der Waals surface area contributed by atoms with E-state index in [4.69, 9.17) is 4.98 Å². The minimum atomic E-state index is 0.506. The second kappa shape index (κ2) is 8.22. The van der Waals surface area contributed by atoms with Crippen molar-refractivity contribution in [1.29, 1.82) is 0 Å². The molecule has 3 heterocycles. The summed E-state index contributed by atoms with van der Waals surface area (Å²) in [6.07, 6.45) is 7.85. The summed E-state index contributed by atoms with van der Waals surface area (Å²) in [5, 5.41) is 0. The fraction of sp³-hybridized carbons (Fsp3) is 0.522. The molecule has 0 spiro atoms. The third-order valence-electron chi connectivity index (χ3n) is 5.99. The number of piperidine rings is 2. The lowest BCUT2D eigenvalue weighted by molar-refractivity contribution is 0.139. The predicted octanol–water partition coefficient (Wildman–Crippen LogP) is 5.11. The maximum atomic E-state index is 5.01. The van der Waals surface area contributed by atoms with Gasteiger partial charge in [0.15, 0.2) is 0 Å². The number of nitrogens with zero attached hydrogens (tertiary/aromatic N) is 3. The molecular weight excluding hydrogens is 318 g/mol. The molecule has 0 N–H and O–H groups in total. The number of likely N-dealkylation sites (tertiary alicyclic amines) is 1. The zero-order valence-corrected chi connectivity index (χ0v) is 16.0. The molecule has 0 aliphatic carbocycles. The van der Waals surface area contributed by atoms with Crippen LogP contribution in [0.15, 0.2) is 42.5 Å². The van der Waals surface area contributed by atoms with Crippen LogP contribution in [0.25, 0.3) is 0 Å². The molecule has 2 aliphatic rings. The number of rotatable bonds is 4. The van der Waals surface area contributed by atoms with Crippen LogP contribution in [0.4, 0.5) is 5.82 Å². The van der Waals surface area contributed by atoms with Crippen molar-refractivity contribution in [3.8, 4) is 0 Å². The number of aromatic nitrogens is 1. The van der Waals surface area contributed by atoms with Gasteiger partial charge in [0.25, 0.3) is 0 Å². The van der Waals surface area contributed by atoms with Gasteiger partial charge in [0.1, 0.15) is 5.82 Å². The first-order chi connectivity index (χ1) is 12.8. The molecule has 2 saturated heterocycles. The van der Waals surface area contributed by atoms with Gasteiger partial charge in [-0.2, -0.15) is 0 Å². The minimum Gasteiger partial charge on any atom is -0.357 e. The Bertz CT molecular complexity index is 707. The fourth-order valence-electron chi connectivity index (χ4n) is 4.56. The first-order valence-corrected chi connectivity index (χ1v) is 10.3. The zero-order valence-electron chi connectivity index (χ0n) is 16.0. The first-order valence-electron chi connectivity index (χ1n) is 10.3. The van der Waals surface area contributed by atoms with Crippen LogP contribution in [0.3, 0.4) is 0 Å². The standard InChI is InChI=1S/C23H31N3/c1-19-21(13-14-23(24-19)25-15-7-3-8-16-25)22-12-6-9-17-26(22)18-20-10-4-2-5-11-20/h2,4-5,10-11,13-14,22H,3,6-9,12,15-18H2,1H3/t22-/m0/s1. The van der Waals surface area contributed by atoms with Crippen LogP contribution in [0, 0.1) is 6.92 Å². The van der Waals surface area contributed by atoms with Crippen LogP contribution in [0.2, 0.25) is 0 Å². The second-order valence-corrected chi connectivity index (χ2v) is 7.86. The molecule has 2 fully saturated rings. The molecule has 1 atom stereocenters. The van der Waals surface area contributed by atoms with Crippen LogP contribution >= 0.6 is 0 Å². The molecule has 0 amide bonds. The van der Waals surface area contributed by atoms with E-state index < -0.39 is 0 Å². The van der Waals surface area contributed by atoms with Gasteiger partial charge in [0.05, 0.1) is 0 Å². The van der Waals surface area contributed by atoms with Crippen molar-refractivity contribution in [2.45, 2.75) is 58.0 Å². The Kier molecular flexibility index (Phi) is 5.54. The maximum Gasteiger partial charge on any atom is 0.128 e. The summed E-state index contributed by atoms with van der Waals surface area (Å²) in [5.41, 5.74) is 4.06. The SMILES string of the molecule is Cc1nc(N2CCCCC2)ccc1[C@@H]1CCCCN1Cc1ccccc1. The first kappa shape index (κ1) is 17.5. The van der Waals surface area contributed by atoms with Crippen LogP contribution < -0.4 is 4.90 Å². The number of pyridine rings is 1. The largest absolute Gasteiger partial charge is 0.357 e. The van der Waals surface area contributed by atoms with E-state index in [-0.39, 0.29) is 0 Å². The summed E-state index contributed by atoms with van der Waals surface area (Å²) in [6, 6.07) is 16.0. The van der Waals surface area contributed by atoms with E-state index in [1.807, 2.05) is 0 Å². The predicted molar refractivity (Wildman–Crippen MR) is 108 cm³/mol. The second-order valence-electron chi connectivity index (χ2n) is 7.86. The molecule has 0 radical (unpaired) electrons. The summed E-state index contributed by atoms with van der Waals surface area (Å²) in [7, 11) is 0. The highest BCUT2D eigenvalue weighted by Crippen LogP contribution is 2.34. The zero-order chi connectivity index (χ0) is 17.8. The quantitative estimate of drug-likeness (QED) is 0.765. The Labute approximate surface area is 158 Å². The van der Waals surface area contributed by atoms with Crippen molar-refractivity contribution in [2.75, 3.05) is 24.5 Å². The Morgan fingerprint density at radius 1 is 0.885 bits per heavy atom. The van der Waals surface area contributed by atoms with Crippen LogP contribution in [-0.2, 0) is 6.54 Å². The summed E-state index contributed by atoms with van der Waals surface area (Å²) < 4.78 is 0. The molecule has 2 aromatic rings. The molecule has 1 aromatic heterocycles. The van der Waals surface area contributed by atoms with Crippen molar-refractivity contribution in [3.05, 3.63) is 59.3 Å². The molecule has 2 aliphatic heterocycles. The molecule has 3 nitrogen and oxygen atoms in total. The molecule has 0 bridgehead atoms. The molecular formula is C23H31N3. The van der Waals surface area contributed by atoms with E-state index in [1.165, 1.54) is 67.7 Å². The molecule has 1 aromatic carbocycles. The molecule has 4 rings (SSSR count). The summed E-state index contributed by atoms with van der Waals surface area (Å²) in [6.45, 7) is 6.76. The van der Waals surface area contributed by atoms with Crippen LogP contribution in [0.5, 0.6) is 0 Å². The topological polar surface area (TPSA) is 19.4 Å². The smallest absolute Gasteiger partial charge is 0.128 e. The monoisotopic (exact) mass is 349 g/mol.